The van der Waals surface area contributed by atoms with Crippen molar-refractivity contribution < 1.29 is 4.74 Å². The fraction of sp³-hybridized carbons (Fsp3) is 0.667. The van der Waals surface area contributed by atoms with Crippen LogP contribution in [0.3, 0.4) is 0 Å². The van der Waals surface area contributed by atoms with Gasteiger partial charge in [-0.2, -0.15) is 0 Å². The van der Waals surface area contributed by atoms with Gasteiger partial charge in [0.2, 0.25) is 0 Å². The fourth-order valence-electron chi connectivity index (χ4n) is 1.30. The van der Waals surface area contributed by atoms with Crippen LogP contribution in [0.15, 0.2) is 11.1 Å². The van der Waals surface area contributed by atoms with Crippen LogP contribution in [0.5, 0.6) is 0 Å². The van der Waals surface area contributed by atoms with Crippen molar-refractivity contribution >= 4 is 17.6 Å². The zero-order valence-corrected chi connectivity index (χ0v) is 11.8. The average molecular weight is 255 g/mol. The number of hydrogen-bond donors (Lipinski definition) is 1. The Labute approximate surface area is 108 Å². The molecule has 0 unspecified atom stereocenters. The first-order valence-corrected chi connectivity index (χ1v) is 6.89. The Bertz CT molecular complexity index is 345. The molecular formula is C12H21N3OS. The molecule has 0 bridgehead atoms. The van der Waals surface area contributed by atoms with Crippen LogP contribution in [-0.2, 0) is 11.3 Å². The van der Waals surface area contributed by atoms with Gasteiger partial charge in [-0.15, -0.1) is 11.8 Å². The smallest absolute Gasteiger partial charge is 0.157 e. The van der Waals surface area contributed by atoms with E-state index in [9.17, 15) is 0 Å². The maximum absolute atomic E-state index is 5.35. The minimum absolute atomic E-state index is 0.474. The van der Waals surface area contributed by atoms with Crippen molar-refractivity contribution in [2.75, 3.05) is 18.5 Å². The summed E-state index contributed by atoms with van der Waals surface area (Å²) >= 11 is 1.74. The number of rotatable bonds is 7. The molecule has 0 aromatic carbocycles. The van der Waals surface area contributed by atoms with Crippen LogP contribution in [-0.4, -0.2) is 28.4 Å². The van der Waals surface area contributed by atoms with E-state index < -0.39 is 0 Å². The van der Waals surface area contributed by atoms with Gasteiger partial charge in [0.1, 0.15) is 17.5 Å². The molecule has 0 fully saturated rings. The summed E-state index contributed by atoms with van der Waals surface area (Å²) in [5.41, 5.74) is 0. The normalized spacial score (nSPS) is 10.9. The van der Waals surface area contributed by atoms with Crippen LogP contribution >= 0.6 is 11.8 Å². The number of anilines is 1. The van der Waals surface area contributed by atoms with E-state index in [-0.39, 0.29) is 0 Å². The van der Waals surface area contributed by atoms with E-state index in [1.54, 1.807) is 11.8 Å². The molecule has 0 saturated heterocycles. The van der Waals surface area contributed by atoms with Gasteiger partial charge in [0.25, 0.3) is 0 Å². The summed E-state index contributed by atoms with van der Waals surface area (Å²) in [7, 11) is 0. The number of thioether (sulfide) groups is 1. The van der Waals surface area contributed by atoms with E-state index in [4.69, 9.17) is 4.74 Å². The zero-order chi connectivity index (χ0) is 12.7. The predicted molar refractivity (Wildman–Crippen MR) is 72.5 cm³/mol. The summed E-state index contributed by atoms with van der Waals surface area (Å²) < 4.78 is 5.35. The Balaban J connectivity index is 2.84. The molecule has 0 radical (unpaired) electrons. The quantitative estimate of drug-likeness (QED) is 0.599. The van der Waals surface area contributed by atoms with E-state index in [2.05, 4.69) is 36.1 Å². The second kappa shape index (κ2) is 7.50. The third-order valence-corrected chi connectivity index (χ3v) is 2.82. The highest BCUT2D eigenvalue weighted by atomic mass is 32.2. The standard InChI is InChI=1S/C12H21N3OS/c1-5-13-10-7-12(17-9(3)4)15-11(14-10)8-16-6-2/h7,9H,5-6,8H2,1-4H3,(H,13,14,15). The van der Waals surface area contributed by atoms with Gasteiger partial charge < -0.3 is 10.1 Å². The van der Waals surface area contributed by atoms with Crippen molar-refractivity contribution in [2.24, 2.45) is 0 Å². The largest absolute Gasteiger partial charge is 0.374 e. The molecule has 0 amide bonds. The second-order valence-corrected chi connectivity index (χ2v) is 5.44. The first kappa shape index (κ1) is 14.3. The Hall–Kier alpha value is -0.810. The van der Waals surface area contributed by atoms with Crippen LogP contribution in [0.4, 0.5) is 5.82 Å². The van der Waals surface area contributed by atoms with Crippen molar-refractivity contribution in [3.8, 4) is 0 Å². The molecule has 0 saturated carbocycles. The molecule has 1 N–H and O–H groups in total. The lowest BCUT2D eigenvalue weighted by atomic mass is 10.5. The third-order valence-electron chi connectivity index (χ3n) is 1.90. The lowest BCUT2D eigenvalue weighted by Gasteiger charge is -2.10. The first-order chi connectivity index (χ1) is 8.15. The van der Waals surface area contributed by atoms with E-state index in [0.717, 1.165) is 23.2 Å². The van der Waals surface area contributed by atoms with Gasteiger partial charge in [0.05, 0.1) is 0 Å². The molecular weight excluding hydrogens is 234 g/mol. The van der Waals surface area contributed by atoms with Crippen molar-refractivity contribution in [3.63, 3.8) is 0 Å². The minimum atomic E-state index is 0.474. The molecule has 0 aliphatic heterocycles. The summed E-state index contributed by atoms with van der Waals surface area (Å²) in [6.45, 7) is 10.3. The van der Waals surface area contributed by atoms with Gasteiger partial charge in [-0.1, -0.05) is 13.8 Å². The maximum Gasteiger partial charge on any atom is 0.157 e. The number of aromatic nitrogens is 2. The van der Waals surface area contributed by atoms with Crippen LogP contribution in [0.25, 0.3) is 0 Å². The summed E-state index contributed by atoms with van der Waals surface area (Å²) in [6, 6.07) is 1.99. The van der Waals surface area contributed by atoms with Gasteiger partial charge in [-0.05, 0) is 13.8 Å². The maximum atomic E-state index is 5.35. The van der Waals surface area contributed by atoms with Gasteiger partial charge in [-0.3, -0.25) is 0 Å². The third kappa shape index (κ3) is 5.37. The lowest BCUT2D eigenvalue weighted by molar-refractivity contribution is 0.128. The van der Waals surface area contributed by atoms with Crippen molar-refractivity contribution in [1.82, 2.24) is 9.97 Å². The van der Waals surface area contributed by atoms with E-state index in [1.807, 2.05) is 13.0 Å². The van der Waals surface area contributed by atoms with Crippen LogP contribution in [0.2, 0.25) is 0 Å². The average Bonchev–Trinajstić information content (AvgIpc) is 2.25. The van der Waals surface area contributed by atoms with Crippen molar-refractivity contribution in [1.29, 1.82) is 0 Å². The molecule has 17 heavy (non-hydrogen) atoms. The predicted octanol–water partition coefficient (Wildman–Crippen LogP) is 2.95. The van der Waals surface area contributed by atoms with Gasteiger partial charge in [0, 0.05) is 24.5 Å². The van der Waals surface area contributed by atoms with Crippen molar-refractivity contribution in [2.45, 2.75) is 44.6 Å². The molecule has 0 aliphatic rings. The SMILES string of the molecule is CCNc1cc(SC(C)C)nc(COCC)n1. The number of hydrogen-bond acceptors (Lipinski definition) is 5. The second-order valence-electron chi connectivity index (χ2n) is 3.84. The summed E-state index contributed by atoms with van der Waals surface area (Å²) in [4.78, 5) is 8.89. The molecule has 4 nitrogen and oxygen atoms in total. The Morgan fingerprint density at radius 3 is 2.71 bits per heavy atom. The topological polar surface area (TPSA) is 47.0 Å². The Morgan fingerprint density at radius 2 is 2.12 bits per heavy atom. The number of ether oxygens (including phenoxy) is 1. The molecule has 5 heteroatoms. The summed E-state index contributed by atoms with van der Waals surface area (Å²) in [6.07, 6.45) is 0. The highest BCUT2D eigenvalue weighted by Crippen LogP contribution is 2.23. The van der Waals surface area contributed by atoms with Crippen molar-refractivity contribution in [3.05, 3.63) is 11.9 Å². The molecule has 1 rings (SSSR count). The summed E-state index contributed by atoms with van der Waals surface area (Å²) in [5.74, 6) is 1.62. The van der Waals surface area contributed by atoms with Crippen LogP contribution in [0, 0.1) is 0 Å². The lowest BCUT2D eigenvalue weighted by Crippen LogP contribution is -2.06. The Kier molecular flexibility index (Phi) is 6.29. The van der Waals surface area contributed by atoms with E-state index >= 15 is 0 Å². The zero-order valence-electron chi connectivity index (χ0n) is 11.0. The highest BCUT2D eigenvalue weighted by molar-refractivity contribution is 7.99. The van der Waals surface area contributed by atoms with E-state index in [0.29, 0.717) is 18.5 Å². The van der Waals surface area contributed by atoms with Crippen LogP contribution < -0.4 is 5.32 Å². The minimum Gasteiger partial charge on any atom is -0.374 e. The molecule has 0 atom stereocenters. The molecule has 0 spiro atoms. The first-order valence-electron chi connectivity index (χ1n) is 6.01. The fourth-order valence-corrected chi connectivity index (χ4v) is 2.12. The molecule has 1 aromatic rings. The molecule has 96 valence electrons. The number of nitrogens with zero attached hydrogens (tertiary/aromatic N) is 2. The van der Waals surface area contributed by atoms with Crippen LogP contribution in [0.1, 0.15) is 33.5 Å². The van der Waals surface area contributed by atoms with Gasteiger partial charge in [0.15, 0.2) is 5.82 Å². The highest BCUT2D eigenvalue weighted by Gasteiger charge is 2.06. The molecule has 0 aliphatic carbocycles. The van der Waals surface area contributed by atoms with Gasteiger partial charge >= 0.3 is 0 Å². The van der Waals surface area contributed by atoms with Gasteiger partial charge in [-0.25, -0.2) is 9.97 Å². The monoisotopic (exact) mass is 255 g/mol. The van der Waals surface area contributed by atoms with E-state index in [1.165, 1.54) is 0 Å². The Morgan fingerprint density at radius 1 is 1.35 bits per heavy atom. The molecule has 1 heterocycles. The summed E-state index contributed by atoms with van der Waals surface area (Å²) in [5, 5.41) is 4.73. The molecule has 1 aromatic heterocycles. The number of nitrogens with one attached hydrogen (secondary N) is 1.